The Morgan fingerprint density at radius 1 is 1.13 bits per heavy atom. The number of carbonyl (C=O) groups excluding carboxylic acids is 2. The van der Waals surface area contributed by atoms with E-state index in [1.54, 1.807) is 6.92 Å². The van der Waals surface area contributed by atoms with E-state index in [0.717, 1.165) is 42.5 Å². The monoisotopic (exact) mass is 483 g/mol. The van der Waals surface area contributed by atoms with E-state index in [4.69, 9.17) is 16.3 Å². The molecule has 6 nitrogen and oxygen atoms in total. The second-order valence-electron chi connectivity index (χ2n) is 7.41. The van der Waals surface area contributed by atoms with Crippen LogP contribution in [0.4, 0.5) is 5.00 Å². The first-order valence-electron chi connectivity index (χ1n) is 10.4. The smallest absolute Gasteiger partial charge is 0.341 e. The van der Waals surface area contributed by atoms with Gasteiger partial charge in [-0.1, -0.05) is 18.0 Å². The maximum atomic E-state index is 12.6. The molecule has 1 aliphatic carbocycles. The molecule has 1 aromatic carbocycles. The molecule has 31 heavy (non-hydrogen) atoms. The van der Waals surface area contributed by atoms with Crippen LogP contribution >= 0.6 is 22.9 Å². The number of esters is 1. The molecule has 0 unspecified atom stereocenters. The van der Waals surface area contributed by atoms with E-state index in [0.29, 0.717) is 15.6 Å². The van der Waals surface area contributed by atoms with Crippen molar-refractivity contribution in [2.75, 3.05) is 17.7 Å². The van der Waals surface area contributed by atoms with Gasteiger partial charge in [-0.15, -0.1) is 11.3 Å². The average molecular weight is 484 g/mol. The highest BCUT2D eigenvalue weighted by molar-refractivity contribution is 7.91. The number of carbonyl (C=O) groups is 2. The highest BCUT2D eigenvalue weighted by atomic mass is 35.5. The largest absolute Gasteiger partial charge is 0.462 e. The Hall–Kier alpha value is -1.90. The Balaban J connectivity index is 1.66. The molecule has 1 heterocycles. The highest BCUT2D eigenvalue weighted by Gasteiger charge is 2.26. The van der Waals surface area contributed by atoms with Gasteiger partial charge in [0.1, 0.15) is 5.00 Å². The Bertz CT molecular complexity index is 1040. The molecule has 0 saturated heterocycles. The summed E-state index contributed by atoms with van der Waals surface area (Å²) in [6, 6.07) is 5.97. The Kier molecular flexibility index (Phi) is 8.13. The van der Waals surface area contributed by atoms with Gasteiger partial charge in [-0.2, -0.15) is 0 Å². The van der Waals surface area contributed by atoms with Crippen LogP contribution in [-0.2, 0) is 32.2 Å². The van der Waals surface area contributed by atoms with Gasteiger partial charge in [-0.25, -0.2) is 13.2 Å². The molecule has 0 radical (unpaired) electrons. The molecule has 168 valence electrons. The van der Waals surface area contributed by atoms with Gasteiger partial charge in [0.25, 0.3) is 0 Å². The number of halogens is 1. The zero-order chi connectivity index (χ0) is 22.4. The number of hydrogen-bond donors (Lipinski definition) is 1. The second-order valence-corrected chi connectivity index (χ2v) is 11.1. The summed E-state index contributed by atoms with van der Waals surface area (Å²) in [6.45, 7) is 2.02. The summed E-state index contributed by atoms with van der Waals surface area (Å²) >= 11 is 7.24. The number of hydrogen-bond acceptors (Lipinski definition) is 6. The van der Waals surface area contributed by atoms with Crippen molar-refractivity contribution in [1.29, 1.82) is 0 Å². The maximum Gasteiger partial charge on any atom is 0.341 e. The first kappa shape index (κ1) is 23.8. The van der Waals surface area contributed by atoms with Crippen molar-refractivity contribution in [3.63, 3.8) is 0 Å². The number of sulfone groups is 1. The molecule has 9 heteroatoms. The number of aryl methyl sites for hydroxylation is 1. The number of nitrogens with one attached hydrogen (secondary N) is 1. The van der Waals surface area contributed by atoms with Crippen molar-refractivity contribution in [2.24, 2.45) is 0 Å². The number of anilines is 1. The van der Waals surface area contributed by atoms with Gasteiger partial charge in [0.05, 0.1) is 22.8 Å². The van der Waals surface area contributed by atoms with Crippen LogP contribution in [0.1, 0.15) is 59.8 Å². The number of fused-ring (bicyclic) bond motifs is 1. The third kappa shape index (κ3) is 6.08. The van der Waals surface area contributed by atoms with Crippen LogP contribution in [0.25, 0.3) is 0 Å². The lowest BCUT2D eigenvalue weighted by Gasteiger charge is -2.09. The summed E-state index contributed by atoms with van der Waals surface area (Å²) < 4.78 is 30.1. The molecule has 1 aromatic heterocycles. The summed E-state index contributed by atoms with van der Waals surface area (Å²) in [7, 11) is -3.49. The standard InChI is InChI=1S/C22H26ClNO5S2/c1-2-29-22(26)20-17-7-4-3-5-8-18(17)30-21(20)24-19(25)9-6-14-31(27,28)16-12-10-15(23)11-13-16/h10-13H,2-9,14H2,1H3,(H,24,25). The summed E-state index contributed by atoms with van der Waals surface area (Å²) in [5.41, 5.74) is 1.45. The van der Waals surface area contributed by atoms with Crippen molar-refractivity contribution in [3.8, 4) is 0 Å². The van der Waals surface area contributed by atoms with E-state index >= 15 is 0 Å². The van der Waals surface area contributed by atoms with E-state index in [1.165, 1.54) is 35.6 Å². The first-order valence-corrected chi connectivity index (χ1v) is 13.3. The minimum Gasteiger partial charge on any atom is -0.462 e. The fourth-order valence-corrected chi connectivity index (χ4v) is 6.35. The van der Waals surface area contributed by atoms with Gasteiger partial charge in [-0.3, -0.25) is 4.79 Å². The minimum absolute atomic E-state index is 0.0393. The summed E-state index contributed by atoms with van der Waals surface area (Å²) in [5.74, 6) is -0.871. The molecule has 1 N–H and O–H groups in total. The molecule has 0 atom stereocenters. The first-order chi connectivity index (χ1) is 14.8. The minimum atomic E-state index is -3.49. The van der Waals surface area contributed by atoms with Gasteiger partial charge >= 0.3 is 5.97 Å². The van der Waals surface area contributed by atoms with Gasteiger partial charge in [0, 0.05) is 16.3 Å². The van der Waals surface area contributed by atoms with Crippen molar-refractivity contribution in [3.05, 3.63) is 45.3 Å². The molecule has 3 rings (SSSR count). The zero-order valence-electron chi connectivity index (χ0n) is 17.4. The number of ether oxygens (including phenoxy) is 1. The van der Waals surface area contributed by atoms with Crippen LogP contribution in [0.15, 0.2) is 29.2 Å². The number of rotatable bonds is 8. The summed E-state index contributed by atoms with van der Waals surface area (Å²) in [4.78, 5) is 26.4. The van der Waals surface area contributed by atoms with Crippen LogP contribution in [0.2, 0.25) is 5.02 Å². The molecule has 1 aliphatic rings. The van der Waals surface area contributed by atoms with Crippen molar-refractivity contribution in [1.82, 2.24) is 0 Å². The Morgan fingerprint density at radius 2 is 1.84 bits per heavy atom. The van der Waals surface area contributed by atoms with E-state index < -0.39 is 15.8 Å². The summed E-state index contributed by atoms with van der Waals surface area (Å²) in [6.07, 6.45) is 5.09. The summed E-state index contributed by atoms with van der Waals surface area (Å²) in [5, 5.41) is 3.80. The maximum absolute atomic E-state index is 12.6. The predicted molar refractivity (Wildman–Crippen MR) is 123 cm³/mol. The SMILES string of the molecule is CCOC(=O)c1c(NC(=O)CCCS(=O)(=O)c2ccc(Cl)cc2)sc2c1CCCCC2. The molecule has 0 fully saturated rings. The normalized spacial score (nSPS) is 13.9. The quantitative estimate of drug-likeness (QED) is 0.419. The fraction of sp³-hybridized carbons (Fsp3) is 0.455. The topological polar surface area (TPSA) is 89.5 Å². The van der Waals surface area contributed by atoms with Gasteiger partial charge in [0.2, 0.25) is 5.91 Å². The van der Waals surface area contributed by atoms with Crippen LogP contribution in [-0.4, -0.2) is 32.7 Å². The van der Waals surface area contributed by atoms with Gasteiger partial charge < -0.3 is 10.1 Å². The van der Waals surface area contributed by atoms with Crippen LogP contribution in [0.3, 0.4) is 0 Å². The molecule has 1 amide bonds. The number of thiophene rings is 1. The molecule has 2 aromatic rings. The molecular formula is C22H26ClNO5S2. The van der Waals surface area contributed by atoms with E-state index in [1.807, 2.05) is 0 Å². The predicted octanol–water partition coefficient (Wildman–Crippen LogP) is 5.04. The fourth-order valence-electron chi connectivity index (χ4n) is 3.62. The average Bonchev–Trinajstić information content (AvgIpc) is 2.88. The van der Waals surface area contributed by atoms with Crippen molar-refractivity contribution < 1.29 is 22.7 Å². The number of amides is 1. The molecule has 0 spiro atoms. The Morgan fingerprint density at radius 3 is 2.55 bits per heavy atom. The van der Waals surface area contributed by atoms with Crippen molar-refractivity contribution >= 4 is 49.7 Å². The second kappa shape index (κ2) is 10.6. The molecule has 0 aliphatic heterocycles. The highest BCUT2D eigenvalue weighted by Crippen LogP contribution is 2.38. The molecular weight excluding hydrogens is 458 g/mol. The lowest BCUT2D eigenvalue weighted by Crippen LogP contribution is -2.16. The van der Waals surface area contributed by atoms with Crippen LogP contribution < -0.4 is 5.32 Å². The Labute approximate surface area is 191 Å². The van der Waals surface area contributed by atoms with Crippen LogP contribution in [0, 0.1) is 0 Å². The van der Waals surface area contributed by atoms with Crippen molar-refractivity contribution in [2.45, 2.75) is 56.8 Å². The zero-order valence-corrected chi connectivity index (χ0v) is 19.8. The third-order valence-corrected chi connectivity index (χ3v) is 8.42. The lowest BCUT2D eigenvalue weighted by molar-refractivity contribution is -0.116. The van der Waals surface area contributed by atoms with Gasteiger partial charge in [0.15, 0.2) is 9.84 Å². The third-order valence-electron chi connectivity index (χ3n) is 5.14. The van der Waals surface area contributed by atoms with Gasteiger partial charge in [-0.05, 0) is 68.9 Å². The van der Waals surface area contributed by atoms with Crippen LogP contribution in [0.5, 0.6) is 0 Å². The molecule has 0 saturated carbocycles. The molecule has 0 bridgehead atoms. The van der Waals surface area contributed by atoms with E-state index in [2.05, 4.69) is 5.32 Å². The van der Waals surface area contributed by atoms with E-state index in [-0.39, 0.29) is 36.0 Å². The number of benzene rings is 1. The lowest BCUT2D eigenvalue weighted by atomic mass is 10.1. The van der Waals surface area contributed by atoms with E-state index in [9.17, 15) is 18.0 Å².